The van der Waals surface area contributed by atoms with Gasteiger partial charge in [0.1, 0.15) is 72.5 Å². The molecule has 9 rings (SSSR count). The Morgan fingerprint density at radius 1 is 0.656 bits per heavy atom. The molecule has 32 nitrogen and oxygen atoms in total. The summed E-state index contributed by atoms with van der Waals surface area (Å²) in [5.74, 6) is -0.411. The van der Waals surface area contributed by atoms with Gasteiger partial charge in [-0.05, 0) is 0 Å². The van der Waals surface area contributed by atoms with Crippen LogP contribution in [0.25, 0.3) is 33.5 Å². The fourth-order valence-corrected chi connectivity index (χ4v) is 9.11. The van der Waals surface area contributed by atoms with Crippen molar-refractivity contribution in [3.05, 3.63) is 42.0 Å². The molecule has 0 bridgehead atoms. The van der Waals surface area contributed by atoms with Gasteiger partial charge in [0.05, 0.1) is 37.8 Å². The molecule has 0 saturated carbocycles. The van der Waals surface area contributed by atoms with Gasteiger partial charge in [0, 0.05) is 6.42 Å². The lowest BCUT2D eigenvalue weighted by Gasteiger charge is -2.30. The number of nitrogen functional groups attached to an aromatic ring is 3. The SMILES string of the molecule is Nc1nc2c(ncn2C2OC(C(CC3OC(n4cnc5c(N)ncnc54)C(O)C3O)OCC3OC(n4cnc5c(N)ncnc54)C(O)C3OP(=O)(O)O)C(O)C2OP(=O)(O)O)c(=O)[nH]1. The molecule has 3 fully saturated rings. The molecule has 0 aromatic carbocycles. The quantitative estimate of drug-likeness (QED) is 0.0485. The van der Waals surface area contributed by atoms with E-state index in [9.17, 15) is 53.9 Å². The number of nitrogens with zero attached hydrogens (tertiary/aromatic N) is 11. The minimum Gasteiger partial charge on any atom is -0.388 e. The number of ether oxygens (including phenoxy) is 4. The van der Waals surface area contributed by atoms with E-state index in [1.807, 2.05) is 0 Å². The molecule has 34 heteroatoms. The molecule has 6 aromatic heterocycles. The minimum absolute atomic E-state index is 0.00474. The van der Waals surface area contributed by atoms with Crippen molar-refractivity contribution in [2.45, 2.75) is 86.1 Å². The Balaban J connectivity index is 1.07. The van der Waals surface area contributed by atoms with Gasteiger partial charge in [0.2, 0.25) is 5.95 Å². The highest BCUT2D eigenvalue weighted by atomic mass is 31.2. The molecule has 0 radical (unpaired) electrons. The van der Waals surface area contributed by atoms with Crippen LogP contribution in [0.3, 0.4) is 0 Å². The molecule has 64 heavy (non-hydrogen) atoms. The molecule has 0 spiro atoms. The van der Waals surface area contributed by atoms with Crippen molar-refractivity contribution in [3.8, 4) is 0 Å². The van der Waals surface area contributed by atoms with Gasteiger partial charge >= 0.3 is 15.6 Å². The molecule has 13 atom stereocenters. The van der Waals surface area contributed by atoms with Crippen LogP contribution in [-0.4, -0.2) is 166 Å². The van der Waals surface area contributed by atoms with E-state index in [0.717, 1.165) is 23.5 Å². The van der Waals surface area contributed by atoms with Crippen LogP contribution < -0.4 is 22.8 Å². The maximum absolute atomic E-state index is 12.7. The predicted molar refractivity (Wildman–Crippen MR) is 206 cm³/mol. The lowest BCUT2D eigenvalue weighted by molar-refractivity contribution is -0.150. The van der Waals surface area contributed by atoms with Gasteiger partial charge in [-0.1, -0.05) is 0 Å². The van der Waals surface area contributed by atoms with E-state index < -0.39 is 114 Å². The second-order valence-corrected chi connectivity index (χ2v) is 17.1. The van der Waals surface area contributed by atoms with Gasteiger partial charge in [-0.3, -0.25) is 32.5 Å². The molecular weight excluding hydrogens is 904 g/mol. The Morgan fingerprint density at radius 3 is 1.78 bits per heavy atom. The second-order valence-electron chi connectivity index (χ2n) is 14.8. The number of aromatic amines is 1. The molecule has 344 valence electrons. The van der Waals surface area contributed by atoms with Crippen molar-refractivity contribution >= 4 is 66.7 Å². The summed E-state index contributed by atoms with van der Waals surface area (Å²) >= 11 is 0. The third-order valence-electron chi connectivity index (χ3n) is 10.8. The van der Waals surface area contributed by atoms with E-state index in [2.05, 4.69) is 44.9 Å². The van der Waals surface area contributed by atoms with Crippen molar-refractivity contribution in [2.24, 2.45) is 0 Å². The topological polar surface area (TPSA) is 480 Å². The highest BCUT2D eigenvalue weighted by molar-refractivity contribution is 7.46. The summed E-state index contributed by atoms with van der Waals surface area (Å²) in [6, 6.07) is 0. The standard InChI is InChI=1S/C30H37N15O17P2/c31-21-11-23(36-3-34-21)43(5-38-11)27-15(47)14(46)8(58-27)1-9(18-16(48)20(62-64(54,55)56)29(60-18)45-7-40-13-25(45)41-30(33)42-26(13)50)57-2-10-19(61-63(51,52)53)17(49)28(59-10)44-6-39-12-22(32)35-4-37-24(12)44/h3-10,14-20,27-29,46-49H,1-2H2,(H2,31,34,36)(H2,32,35,37)(H2,51,52,53)(H2,54,55,56)(H3,33,41,42,50). The minimum atomic E-state index is -5.47. The monoisotopic (exact) mass is 941 g/mol. The van der Waals surface area contributed by atoms with Crippen LogP contribution >= 0.6 is 15.6 Å². The number of phosphoric acid groups is 2. The first-order valence-electron chi connectivity index (χ1n) is 18.6. The number of nitrogens with one attached hydrogen (secondary N) is 1. The third kappa shape index (κ3) is 7.97. The highest BCUT2D eigenvalue weighted by Gasteiger charge is 2.55. The number of hydrogen-bond donors (Lipinski definition) is 12. The Bertz CT molecular complexity index is 2870. The average molecular weight is 942 g/mol. The van der Waals surface area contributed by atoms with Crippen LogP contribution in [0.1, 0.15) is 25.1 Å². The predicted octanol–water partition coefficient (Wildman–Crippen LogP) is -4.59. The van der Waals surface area contributed by atoms with Crippen LogP contribution in [0.4, 0.5) is 17.6 Å². The molecule has 15 N–H and O–H groups in total. The first-order valence-corrected chi connectivity index (χ1v) is 21.7. The van der Waals surface area contributed by atoms with Crippen molar-refractivity contribution in [3.63, 3.8) is 0 Å². The fourth-order valence-electron chi connectivity index (χ4n) is 7.99. The van der Waals surface area contributed by atoms with Crippen molar-refractivity contribution in [2.75, 3.05) is 23.8 Å². The number of H-pyrrole nitrogens is 1. The summed E-state index contributed by atoms with van der Waals surface area (Å²) in [5, 5.41) is 46.0. The number of aromatic nitrogens is 12. The summed E-state index contributed by atoms with van der Waals surface area (Å²) in [4.78, 5) is 86.9. The zero-order valence-electron chi connectivity index (χ0n) is 32.1. The lowest BCUT2D eigenvalue weighted by Crippen LogP contribution is -2.45. The number of hydrogen-bond acceptors (Lipinski definition) is 24. The molecular formula is C30H37N15O17P2. The molecule has 9 heterocycles. The third-order valence-corrected chi connectivity index (χ3v) is 11.8. The number of aliphatic hydroxyl groups is 4. The Morgan fingerprint density at radius 2 is 1.19 bits per heavy atom. The number of imidazole rings is 3. The molecule has 0 aliphatic carbocycles. The van der Waals surface area contributed by atoms with Crippen LogP contribution in [0, 0.1) is 0 Å². The van der Waals surface area contributed by atoms with E-state index in [1.165, 1.54) is 21.8 Å². The van der Waals surface area contributed by atoms with Crippen LogP contribution in [0.15, 0.2) is 36.4 Å². The summed E-state index contributed by atoms with van der Waals surface area (Å²) in [6.45, 7) is -0.771. The molecule has 6 aromatic rings. The summed E-state index contributed by atoms with van der Waals surface area (Å²) in [7, 11) is -10.9. The van der Waals surface area contributed by atoms with Gasteiger partial charge in [0.15, 0.2) is 52.8 Å². The molecule has 13 unspecified atom stereocenters. The lowest BCUT2D eigenvalue weighted by atomic mass is 9.97. The number of aliphatic hydroxyl groups excluding tert-OH is 4. The van der Waals surface area contributed by atoms with E-state index in [1.54, 1.807) is 0 Å². The van der Waals surface area contributed by atoms with Gasteiger partial charge in [-0.2, -0.15) is 4.98 Å². The zero-order chi connectivity index (χ0) is 45.6. The Hall–Kier alpha value is -5.25. The van der Waals surface area contributed by atoms with E-state index in [4.69, 9.17) is 45.2 Å². The zero-order valence-corrected chi connectivity index (χ0v) is 33.9. The van der Waals surface area contributed by atoms with Gasteiger partial charge < -0.3 is 76.1 Å². The second kappa shape index (κ2) is 16.3. The van der Waals surface area contributed by atoms with Crippen molar-refractivity contribution in [1.82, 2.24) is 58.6 Å². The van der Waals surface area contributed by atoms with Gasteiger partial charge in [-0.15, -0.1) is 0 Å². The smallest absolute Gasteiger partial charge is 0.388 e. The average Bonchev–Trinajstić information content (AvgIpc) is 4.08. The summed E-state index contributed by atoms with van der Waals surface area (Å²) in [6.07, 6.45) is -17.1. The largest absolute Gasteiger partial charge is 0.470 e. The van der Waals surface area contributed by atoms with Crippen LogP contribution in [0.2, 0.25) is 0 Å². The normalized spacial score (nSPS) is 30.6. The van der Waals surface area contributed by atoms with Gasteiger partial charge in [0.25, 0.3) is 5.56 Å². The van der Waals surface area contributed by atoms with E-state index >= 15 is 0 Å². The molecule has 3 saturated heterocycles. The fraction of sp³-hybridized carbons (Fsp3) is 0.500. The highest BCUT2D eigenvalue weighted by Crippen LogP contribution is 2.48. The number of rotatable bonds is 13. The molecule has 3 aliphatic heterocycles. The van der Waals surface area contributed by atoms with Crippen LogP contribution in [0.5, 0.6) is 0 Å². The maximum atomic E-state index is 12.7. The Labute approximate surface area is 354 Å². The number of fused-ring (bicyclic) bond motifs is 3. The van der Waals surface area contributed by atoms with E-state index in [-0.39, 0.29) is 51.1 Å². The first kappa shape index (κ1) is 44.0. The first-order chi connectivity index (χ1) is 30.3. The van der Waals surface area contributed by atoms with Crippen LogP contribution in [-0.2, 0) is 37.1 Å². The van der Waals surface area contributed by atoms with Crippen molar-refractivity contribution < 1.29 is 77.1 Å². The number of phosphoric ester groups is 2. The maximum Gasteiger partial charge on any atom is 0.470 e. The number of anilines is 3. The molecule has 3 aliphatic rings. The van der Waals surface area contributed by atoms with Crippen molar-refractivity contribution in [1.29, 1.82) is 0 Å². The summed E-state index contributed by atoms with van der Waals surface area (Å²) < 4.78 is 62.7. The van der Waals surface area contributed by atoms with E-state index in [0.29, 0.717) is 0 Å². The van der Waals surface area contributed by atoms with Gasteiger partial charge in [-0.25, -0.2) is 44.0 Å². The number of nitrogens with two attached hydrogens (primary N) is 3. The summed E-state index contributed by atoms with van der Waals surface area (Å²) in [5.41, 5.74) is 16.7. The molecule has 0 amide bonds. The Kier molecular flexibility index (Phi) is 11.2.